The van der Waals surface area contributed by atoms with Gasteiger partial charge in [-0.15, -0.1) is 11.8 Å². The second-order valence-corrected chi connectivity index (χ2v) is 11.3. The highest BCUT2D eigenvalue weighted by Gasteiger charge is 2.54. The van der Waals surface area contributed by atoms with Gasteiger partial charge in [0.2, 0.25) is 0 Å². The van der Waals surface area contributed by atoms with Crippen molar-refractivity contribution < 1.29 is 0 Å². The quantitative estimate of drug-likeness (QED) is 0.729. The lowest BCUT2D eigenvalue weighted by Gasteiger charge is -2.40. The number of hydrogen-bond acceptors (Lipinski definition) is 3. The van der Waals surface area contributed by atoms with Gasteiger partial charge < -0.3 is 4.98 Å². The number of aromatic nitrogens is 1. The van der Waals surface area contributed by atoms with Crippen LogP contribution in [-0.4, -0.2) is 10.2 Å². The molecule has 2 aliphatic carbocycles. The van der Waals surface area contributed by atoms with E-state index in [0.717, 1.165) is 16.9 Å². The van der Waals surface area contributed by atoms with Crippen LogP contribution in [0.1, 0.15) is 62.0 Å². The number of hydrogen-bond donors (Lipinski definition) is 1. The third kappa shape index (κ3) is 2.48. The number of thioether (sulfide) groups is 1. The first kappa shape index (κ1) is 16.2. The molecule has 2 aromatic rings. The van der Waals surface area contributed by atoms with Gasteiger partial charge in [0.05, 0.1) is 5.03 Å². The smallest absolute Gasteiger partial charge is 0.305 e. The van der Waals surface area contributed by atoms with Gasteiger partial charge in [0.25, 0.3) is 0 Å². The van der Waals surface area contributed by atoms with Crippen LogP contribution in [-0.2, 0) is 5.41 Å². The summed E-state index contributed by atoms with van der Waals surface area (Å²) < 4.78 is 0. The topological polar surface area (TPSA) is 32.9 Å². The van der Waals surface area contributed by atoms with Crippen molar-refractivity contribution in [2.24, 2.45) is 17.8 Å². The highest BCUT2D eigenvalue weighted by Crippen LogP contribution is 2.63. The summed E-state index contributed by atoms with van der Waals surface area (Å²) >= 11 is 3.42. The van der Waals surface area contributed by atoms with E-state index in [1.807, 2.05) is 11.8 Å². The van der Waals surface area contributed by atoms with Crippen molar-refractivity contribution in [3.63, 3.8) is 0 Å². The Morgan fingerprint density at radius 1 is 1.08 bits per heavy atom. The number of nitrogens with one attached hydrogen (secondary N) is 1. The van der Waals surface area contributed by atoms with Crippen LogP contribution < -0.4 is 4.87 Å². The molecule has 5 rings (SSSR count). The van der Waals surface area contributed by atoms with Crippen LogP contribution in [0, 0.1) is 17.8 Å². The van der Waals surface area contributed by atoms with Crippen LogP contribution in [0.25, 0.3) is 0 Å². The van der Waals surface area contributed by atoms with Crippen molar-refractivity contribution in [1.29, 1.82) is 0 Å². The van der Waals surface area contributed by atoms with Crippen LogP contribution in [0.4, 0.5) is 0 Å². The molecule has 2 fully saturated rings. The van der Waals surface area contributed by atoms with Gasteiger partial charge in [-0.05, 0) is 53.6 Å². The molecule has 1 aromatic carbocycles. The summed E-state index contributed by atoms with van der Waals surface area (Å²) in [4.78, 5) is 16.6. The number of rotatable bonds is 1. The minimum Gasteiger partial charge on any atom is -0.307 e. The Kier molecular flexibility index (Phi) is 3.56. The molecule has 2 nitrogen and oxygen atoms in total. The summed E-state index contributed by atoms with van der Waals surface area (Å²) in [6, 6.07) is 9.26. The van der Waals surface area contributed by atoms with E-state index in [4.69, 9.17) is 0 Å². The first-order valence-electron chi connectivity index (χ1n) is 9.42. The fourth-order valence-corrected chi connectivity index (χ4v) is 8.31. The van der Waals surface area contributed by atoms with E-state index in [0.29, 0.717) is 17.1 Å². The lowest BCUT2D eigenvalue weighted by molar-refractivity contribution is 0.307. The molecule has 0 unspecified atom stereocenters. The number of benzene rings is 1. The molecular formula is C21H25NOS2. The third-order valence-corrected chi connectivity index (χ3v) is 9.22. The minimum absolute atomic E-state index is 0.112. The molecule has 0 saturated heterocycles. The maximum atomic E-state index is 12.1. The van der Waals surface area contributed by atoms with Crippen LogP contribution in [0.3, 0.4) is 0 Å². The largest absolute Gasteiger partial charge is 0.307 e. The van der Waals surface area contributed by atoms with Gasteiger partial charge in [-0.25, -0.2) is 0 Å². The lowest BCUT2D eigenvalue weighted by Crippen LogP contribution is -2.33. The second kappa shape index (κ2) is 5.50. The average Bonchev–Trinajstić information content (AvgIpc) is 3.25. The summed E-state index contributed by atoms with van der Waals surface area (Å²) in [7, 11) is 0. The van der Waals surface area contributed by atoms with Crippen molar-refractivity contribution in [3.8, 4) is 0 Å². The molecule has 2 heterocycles. The van der Waals surface area contributed by atoms with Gasteiger partial charge >= 0.3 is 4.87 Å². The van der Waals surface area contributed by atoms with Gasteiger partial charge in [-0.1, -0.05) is 56.4 Å². The van der Waals surface area contributed by atoms with Crippen LogP contribution in [0.5, 0.6) is 0 Å². The maximum Gasteiger partial charge on any atom is 0.305 e. The second-order valence-electron chi connectivity index (χ2n) is 9.05. The number of aromatic amines is 1. The summed E-state index contributed by atoms with van der Waals surface area (Å²) in [6.07, 6.45) is 4.17. The molecule has 1 aromatic heterocycles. The van der Waals surface area contributed by atoms with E-state index in [1.54, 1.807) is 0 Å². The summed E-state index contributed by atoms with van der Waals surface area (Å²) in [5, 5.41) is 1.86. The summed E-state index contributed by atoms with van der Waals surface area (Å²) in [5.41, 5.74) is 2.97. The normalized spacial score (nSPS) is 33.3. The molecule has 2 bridgehead atoms. The van der Waals surface area contributed by atoms with E-state index in [2.05, 4.69) is 50.0 Å². The molecule has 25 heavy (non-hydrogen) atoms. The van der Waals surface area contributed by atoms with Crippen LogP contribution in [0.15, 0.2) is 34.1 Å². The molecule has 3 aliphatic rings. The first-order valence-corrected chi connectivity index (χ1v) is 11.1. The summed E-state index contributed by atoms with van der Waals surface area (Å²) in [5.74, 6) is 2.82. The number of thiazole rings is 1. The molecule has 0 radical (unpaired) electrons. The SMILES string of the molecule is CC(C)(C)c1ccc([C@H]2c3sc(=O)[nH]c3S[C@@H]3[C@@H]4CC[C@H](C4)[C@H]23)cc1. The van der Waals surface area contributed by atoms with Gasteiger partial charge in [-0.3, -0.25) is 4.79 Å². The van der Waals surface area contributed by atoms with E-state index in [9.17, 15) is 4.79 Å². The highest BCUT2D eigenvalue weighted by atomic mass is 32.2. The molecule has 4 heteroatoms. The van der Waals surface area contributed by atoms with Gasteiger partial charge in [0.1, 0.15) is 0 Å². The van der Waals surface area contributed by atoms with E-state index in [1.165, 1.54) is 46.6 Å². The lowest BCUT2D eigenvalue weighted by atomic mass is 9.74. The summed E-state index contributed by atoms with van der Waals surface area (Å²) in [6.45, 7) is 6.80. The molecular weight excluding hydrogens is 346 g/mol. The van der Waals surface area contributed by atoms with Gasteiger partial charge in [-0.2, -0.15) is 0 Å². The highest BCUT2D eigenvalue weighted by molar-refractivity contribution is 8.00. The van der Waals surface area contributed by atoms with E-state index >= 15 is 0 Å². The molecule has 2 saturated carbocycles. The van der Waals surface area contributed by atoms with Gasteiger partial charge in [0, 0.05) is 16.0 Å². The Bertz CT molecular complexity index is 857. The molecule has 1 N–H and O–H groups in total. The zero-order chi connectivity index (χ0) is 17.3. The Morgan fingerprint density at radius 3 is 2.52 bits per heavy atom. The minimum atomic E-state index is 0.112. The average molecular weight is 372 g/mol. The molecule has 132 valence electrons. The van der Waals surface area contributed by atoms with Crippen LogP contribution in [0.2, 0.25) is 0 Å². The van der Waals surface area contributed by atoms with Gasteiger partial charge in [0.15, 0.2) is 0 Å². The number of H-pyrrole nitrogens is 1. The zero-order valence-corrected chi connectivity index (χ0v) is 16.7. The van der Waals surface area contributed by atoms with E-state index < -0.39 is 0 Å². The third-order valence-electron chi connectivity index (χ3n) is 6.60. The Balaban J connectivity index is 1.61. The molecule has 0 spiro atoms. The van der Waals surface area contributed by atoms with Crippen molar-refractivity contribution >= 4 is 23.1 Å². The first-order chi connectivity index (χ1) is 11.9. The predicted molar refractivity (Wildman–Crippen MR) is 106 cm³/mol. The van der Waals surface area contributed by atoms with Crippen molar-refractivity contribution in [2.75, 3.05) is 0 Å². The van der Waals surface area contributed by atoms with Crippen molar-refractivity contribution in [1.82, 2.24) is 4.98 Å². The predicted octanol–water partition coefficient (Wildman–Crippen LogP) is 5.39. The Morgan fingerprint density at radius 2 is 1.80 bits per heavy atom. The van der Waals surface area contributed by atoms with E-state index in [-0.39, 0.29) is 10.3 Å². The van der Waals surface area contributed by atoms with Crippen LogP contribution >= 0.6 is 23.1 Å². The molecule has 0 amide bonds. The van der Waals surface area contributed by atoms with Crippen molar-refractivity contribution in [3.05, 3.63) is 49.9 Å². The van der Waals surface area contributed by atoms with Crippen molar-refractivity contribution in [2.45, 2.75) is 61.6 Å². The maximum absolute atomic E-state index is 12.1. The Labute approximate surface area is 157 Å². The fourth-order valence-electron chi connectivity index (χ4n) is 5.41. The monoisotopic (exact) mass is 371 g/mol. The molecule has 1 aliphatic heterocycles. The molecule has 5 atom stereocenters. The fraction of sp³-hybridized carbons (Fsp3) is 0.571. The Hall–Kier alpha value is -1.000. The zero-order valence-electron chi connectivity index (χ0n) is 15.0. The number of fused-ring (bicyclic) bond motifs is 6. The standard InChI is InChI=1S/C21H25NOS2/c1-21(2,3)14-8-6-11(7-9-14)15-16-12-4-5-13(10-12)17(16)24-19-18(15)25-20(23)22-19/h6-9,12-13,15-17H,4-5,10H2,1-3H3,(H,22,23)/t12-,13-,15-,16-,17-/m1/s1.